The first-order chi connectivity index (χ1) is 15.9. The molecule has 4 rings (SSSR count). The molecule has 172 valence electrons. The van der Waals surface area contributed by atoms with Crippen molar-refractivity contribution in [2.45, 2.75) is 43.9 Å². The Balaban J connectivity index is 1.39. The maximum atomic E-state index is 13.0. The van der Waals surface area contributed by atoms with Gasteiger partial charge in [-0.05, 0) is 55.5 Å². The first-order valence-electron chi connectivity index (χ1n) is 11.1. The zero-order valence-electron chi connectivity index (χ0n) is 18.5. The van der Waals surface area contributed by atoms with Crippen molar-refractivity contribution in [1.82, 2.24) is 9.29 Å². The number of aromatic nitrogens is 1. The van der Waals surface area contributed by atoms with Crippen molar-refractivity contribution >= 4 is 42.6 Å². The molecule has 0 aliphatic carbocycles. The minimum Gasteiger partial charge on any atom is -0.302 e. The normalized spacial score (nSPS) is 15.4. The van der Waals surface area contributed by atoms with Gasteiger partial charge in [0.05, 0.1) is 20.7 Å². The standard InChI is InChI=1S/C24H26N4O3S2/c1-2-3-6-17-9-10-20-21(15-17)32-24(26-20)27-23(29)18-11-13-28(14-12-18)33(30,31)22-8-5-4-7-19(22)16-25/h4-5,7-10,15,18H,2-3,6,11-14H2,1H3,(H,26,27,29). The highest BCUT2D eigenvalue weighted by Gasteiger charge is 2.33. The Morgan fingerprint density at radius 1 is 1.24 bits per heavy atom. The second-order valence-electron chi connectivity index (χ2n) is 8.20. The molecule has 1 amide bonds. The summed E-state index contributed by atoms with van der Waals surface area (Å²) >= 11 is 1.46. The van der Waals surface area contributed by atoms with E-state index in [0.29, 0.717) is 18.0 Å². The second kappa shape index (κ2) is 10.00. The summed E-state index contributed by atoms with van der Waals surface area (Å²) in [5, 5.41) is 12.7. The molecule has 0 unspecified atom stereocenters. The second-order valence-corrected chi connectivity index (χ2v) is 11.1. The summed E-state index contributed by atoms with van der Waals surface area (Å²) in [5.74, 6) is -0.412. The lowest BCUT2D eigenvalue weighted by atomic mass is 9.97. The van der Waals surface area contributed by atoms with Gasteiger partial charge in [0.15, 0.2) is 5.13 Å². The lowest BCUT2D eigenvalue weighted by Gasteiger charge is -2.30. The summed E-state index contributed by atoms with van der Waals surface area (Å²) in [6, 6.07) is 14.4. The molecule has 1 N–H and O–H groups in total. The summed E-state index contributed by atoms with van der Waals surface area (Å²) in [7, 11) is -3.77. The highest BCUT2D eigenvalue weighted by Crippen LogP contribution is 2.30. The average Bonchev–Trinajstić information content (AvgIpc) is 3.24. The number of nitrogens with zero attached hydrogens (tertiary/aromatic N) is 3. The molecule has 0 bridgehead atoms. The largest absolute Gasteiger partial charge is 0.302 e. The van der Waals surface area contributed by atoms with Crippen LogP contribution in [0.5, 0.6) is 0 Å². The van der Waals surface area contributed by atoms with E-state index in [0.717, 1.165) is 29.5 Å². The number of hydrogen-bond acceptors (Lipinski definition) is 6. The molecule has 1 fully saturated rings. The molecular weight excluding hydrogens is 456 g/mol. The van der Waals surface area contributed by atoms with Crippen LogP contribution in [0.1, 0.15) is 43.7 Å². The summed E-state index contributed by atoms with van der Waals surface area (Å²) in [6.45, 7) is 2.64. The van der Waals surface area contributed by atoms with Gasteiger partial charge in [0.1, 0.15) is 6.07 Å². The van der Waals surface area contributed by atoms with Gasteiger partial charge in [-0.2, -0.15) is 9.57 Å². The van der Waals surface area contributed by atoms with Crippen molar-refractivity contribution in [3.63, 3.8) is 0 Å². The molecule has 1 aliphatic rings. The van der Waals surface area contributed by atoms with Crippen molar-refractivity contribution in [2.24, 2.45) is 5.92 Å². The van der Waals surface area contributed by atoms with Gasteiger partial charge in [0.2, 0.25) is 15.9 Å². The summed E-state index contributed by atoms with van der Waals surface area (Å²) in [4.78, 5) is 17.4. The fourth-order valence-electron chi connectivity index (χ4n) is 4.05. The minimum atomic E-state index is -3.77. The van der Waals surface area contributed by atoms with Crippen LogP contribution < -0.4 is 5.32 Å². The number of unbranched alkanes of at least 4 members (excludes halogenated alkanes) is 1. The van der Waals surface area contributed by atoms with E-state index in [-0.39, 0.29) is 35.4 Å². The number of hydrogen-bond donors (Lipinski definition) is 1. The molecule has 1 saturated heterocycles. The molecule has 0 radical (unpaired) electrons. The van der Waals surface area contributed by atoms with Crippen LogP contribution in [0.15, 0.2) is 47.4 Å². The van der Waals surface area contributed by atoms with E-state index < -0.39 is 10.0 Å². The van der Waals surface area contributed by atoms with Gasteiger partial charge >= 0.3 is 0 Å². The van der Waals surface area contributed by atoms with E-state index in [1.165, 1.54) is 33.3 Å². The third-order valence-electron chi connectivity index (χ3n) is 5.95. The monoisotopic (exact) mass is 482 g/mol. The van der Waals surface area contributed by atoms with Crippen LogP contribution in [0.2, 0.25) is 0 Å². The van der Waals surface area contributed by atoms with E-state index in [2.05, 4.69) is 29.4 Å². The molecule has 3 aromatic rings. The van der Waals surface area contributed by atoms with Crippen LogP contribution in [0.3, 0.4) is 0 Å². The fraction of sp³-hybridized carbons (Fsp3) is 0.375. The van der Waals surface area contributed by atoms with Crippen molar-refractivity contribution in [2.75, 3.05) is 18.4 Å². The molecule has 0 atom stereocenters. The average molecular weight is 483 g/mol. The van der Waals surface area contributed by atoms with Crippen LogP contribution in [-0.4, -0.2) is 36.7 Å². The molecule has 1 aromatic heterocycles. The number of carbonyl (C=O) groups is 1. The van der Waals surface area contributed by atoms with Gasteiger partial charge in [0.25, 0.3) is 0 Å². The number of nitrogens with one attached hydrogen (secondary N) is 1. The predicted molar refractivity (Wildman–Crippen MR) is 130 cm³/mol. The minimum absolute atomic E-state index is 0.0168. The van der Waals surface area contributed by atoms with E-state index >= 15 is 0 Å². The third kappa shape index (κ3) is 5.08. The number of amides is 1. The Labute approximate surface area is 198 Å². The molecule has 2 aromatic carbocycles. The summed E-state index contributed by atoms with van der Waals surface area (Å²) in [5.41, 5.74) is 2.27. The molecule has 2 heterocycles. The van der Waals surface area contributed by atoms with E-state index in [1.807, 2.05) is 12.1 Å². The number of benzene rings is 2. The van der Waals surface area contributed by atoms with Crippen molar-refractivity contribution in [3.8, 4) is 6.07 Å². The van der Waals surface area contributed by atoms with Crippen LogP contribution in [-0.2, 0) is 21.2 Å². The van der Waals surface area contributed by atoms with Crippen LogP contribution in [0, 0.1) is 17.2 Å². The number of anilines is 1. The van der Waals surface area contributed by atoms with E-state index in [1.54, 1.807) is 12.1 Å². The van der Waals surface area contributed by atoms with Crippen LogP contribution in [0.25, 0.3) is 10.2 Å². The van der Waals surface area contributed by atoms with Crippen molar-refractivity contribution in [3.05, 3.63) is 53.6 Å². The van der Waals surface area contributed by atoms with Gasteiger partial charge in [-0.1, -0.05) is 42.9 Å². The number of rotatable bonds is 7. The van der Waals surface area contributed by atoms with Gasteiger partial charge in [-0.25, -0.2) is 13.4 Å². The molecule has 0 spiro atoms. The summed E-state index contributed by atoms with van der Waals surface area (Å²) in [6.07, 6.45) is 4.17. The molecule has 7 nitrogen and oxygen atoms in total. The zero-order chi connectivity index (χ0) is 23.4. The van der Waals surface area contributed by atoms with Crippen LogP contribution in [0.4, 0.5) is 5.13 Å². The van der Waals surface area contributed by atoms with Gasteiger partial charge in [0, 0.05) is 19.0 Å². The fourth-order valence-corrected chi connectivity index (χ4v) is 6.59. The van der Waals surface area contributed by atoms with Gasteiger partial charge in [-0.3, -0.25) is 4.79 Å². The van der Waals surface area contributed by atoms with E-state index in [4.69, 9.17) is 0 Å². The number of sulfonamides is 1. The number of fused-ring (bicyclic) bond motifs is 1. The highest BCUT2D eigenvalue weighted by atomic mass is 32.2. The lowest BCUT2D eigenvalue weighted by molar-refractivity contribution is -0.120. The number of carbonyl (C=O) groups excluding carboxylic acids is 1. The number of nitriles is 1. The van der Waals surface area contributed by atoms with Gasteiger partial charge < -0.3 is 5.32 Å². The van der Waals surface area contributed by atoms with Crippen molar-refractivity contribution in [1.29, 1.82) is 5.26 Å². The number of thiazole rings is 1. The third-order valence-corrected chi connectivity index (χ3v) is 8.84. The zero-order valence-corrected chi connectivity index (χ0v) is 20.1. The quantitative estimate of drug-likeness (QED) is 0.532. The van der Waals surface area contributed by atoms with Crippen LogP contribution >= 0.6 is 11.3 Å². The Morgan fingerprint density at radius 3 is 2.73 bits per heavy atom. The Kier molecular flexibility index (Phi) is 7.08. The number of aryl methyl sites for hydroxylation is 1. The maximum absolute atomic E-state index is 13.0. The molecule has 33 heavy (non-hydrogen) atoms. The topological polar surface area (TPSA) is 103 Å². The molecule has 9 heteroatoms. The maximum Gasteiger partial charge on any atom is 0.244 e. The Bertz CT molecular complexity index is 1300. The first-order valence-corrected chi connectivity index (χ1v) is 13.4. The first kappa shape index (κ1) is 23.4. The van der Waals surface area contributed by atoms with Crippen molar-refractivity contribution < 1.29 is 13.2 Å². The van der Waals surface area contributed by atoms with E-state index in [9.17, 15) is 18.5 Å². The van der Waals surface area contributed by atoms with Gasteiger partial charge in [-0.15, -0.1) is 0 Å². The SMILES string of the molecule is CCCCc1ccc2nc(NC(=O)C3CCN(S(=O)(=O)c4ccccc4C#N)CC3)sc2c1. The summed E-state index contributed by atoms with van der Waals surface area (Å²) < 4.78 is 28.4. The molecule has 0 saturated carbocycles. The molecule has 1 aliphatic heterocycles. The Hall–Kier alpha value is -2.80. The molecular formula is C24H26N4O3S2. The smallest absolute Gasteiger partial charge is 0.244 e. The number of piperidine rings is 1. The Morgan fingerprint density at radius 2 is 2.00 bits per heavy atom. The lowest BCUT2D eigenvalue weighted by Crippen LogP contribution is -2.41. The highest BCUT2D eigenvalue weighted by molar-refractivity contribution is 7.89. The predicted octanol–water partition coefficient (Wildman–Crippen LogP) is 4.55.